The van der Waals surface area contributed by atoms with Gasteiger partial charge in [-0.15, -0.1) is 0 Å². The fourth-order valence-corrected chi connectivity index (χ4v) is 13.6. The fourth-order valence-electron chi connectivity index (χ4n) is 13.6. The van der Waals surface area contributed by atoms with Crippen LogP contribution in [0.15, 0.2) is 188 Å². The molecule has 0 unspecified atom stereocenters. The molecule has 15 rings (SSSR count). The van der Waals surface area contributed by atoms with Crippen molar-refractivity contribution in [3.63, 3.8) is 0 Å². The number of nitrogens with zero attached hydrogens (tertiary/aromatic N) is 4. The minimum Gasteiger partial charge on any atom is -0.458 e. The number of benzene rings is 10. The van der Waals surface area contributed by atoms with Gasteiger partial charge in [-0.25, -0.2) is 0 Å². The zero-order valence-corrected chi connectivity index (χ0v) is 50.1. The molecule has 410 valence electrons. The molecule has 0 fully saturated rings. The number of rotatable bonds is 4. The molecule has 0 saturated carbocycles. The third-order valence-electron chi connectivity index (χ3n) is 18.2. The van der Waals surface area contributed by atoms with Gasteiger partial charge in [-0.3, -0.25) is 0 Å². The lowest BCUT2D eigenvalue weighted by molar-refractivity contribution is 0.464. The predicted octanol–water partition coefficient (Wildman–Crippen LogP) is 18.4. The Labute approximate surface area is 492 Å². The Balaban J connectivity index is 0.978. The van der Waals surface area contributed by atoms with Crippen LogP contribution in [0.25, 0.3) is 93.6 Å². The molecule has 6 nitrogen and oxygen atoms in total. The van der Waals surface area contributed by atoms with Crippen molar-refractivity contribution in [3.8, 4) is 57.3 Å². The van der Waals surface area contributed by atoms with Gasteiger partial charge in [-0.2, -0.15) is 5.26 Å². The molecule has 2 aliphatic rings. The molecule has 0 amide bonds. The molecule has 0 spiro atoms. The van der Waals surface area contributed by atoms with E-state index in [2.05, 4.69) is 279 Å². The maximum atomic E-state index is 10.6. The van der Waals surface area contributed by atoms with Crippen LogP contribution in [0.2, 0.25) is 0 Å². The van der Waals surface area contributed by atoms with Crippen LogP contribution in [0.3, 0.4) is 0 Å². The molecule has 7 heteroatoms. The number of hydrogen-bond donors (Lipinski definition) is 0. The summed E-state index contributed by atoms with van der Waals surface area (Å²) in [5.74, 6) is 3.03. The summed E-state index contributed by atoms with van der Waals surface area (Å²) in [5, 5.41) is 17.8. The molecule has 10 aromatic carbocycles. The first-order chi connectivity index (χ1) is 40.1. The number of para-hydroxylation sites is 2. The lowest BCUT2D eigenvalue weighted by Gasteiger charge is -2.34. The molecule has 2 aliphatic heterocycles. The summed E-state index contributed by atoms with van der Waals surface area (Å²) in [4.78, 5) is 0. The summed E-state index contributed by atoms with van der Waals surface area (Å²) in [7, 11) is 0. The standard InChI is InChI=1S/C77H67BN4O2/c1-74(2,3)47-25-34-65-59(38-47)57-30-24-50(77(10,11)12)41-68(57)80(65)51-26-31-60-69(42-51)83-71-36-46(58-35-45(44-79)21-33-64(58)82-62-19-15-13-17-53(62)54-18-14-16-20-63(54)82)37-72-73(71)78(60)61-32-27-52(43-70(61)84-72)81-66-39-48(75(4,5)6)22-28-55(66)56-29-23-49(40-67(56)81)76(7,8)9/h13-43H,1-12H3. The first-order valence-corrected chi connectivity index (χ1v) is 29.6. The van der Waals surface area contributed by atoms with E-state index in [0.717, 1.165) is 101 Å². The van der Waals surface area contributed by atoms with Crippen LogP contribution in [-0.4, -0.2) is 20.4 Å². The molecule has 84 heavy (non-hydrogen) atoms. The number of hydrogen-bond acceptors (Lipinski definition) is 3. The summed E-state index contributed by atoms with van der Waals surface area (Å²) in [6.07, 6.45) is 0. The molecule has 0 aliphatic carbocycles. The second kappa shape index (κ2) is 17.9. The highest BCUT2D eigenvalue weighted by molar-refractivity contribution is 6.98. The number of nitriles is 1. The average Bonchev–Trinajstić information content (AvgIpc) is 1.21. The monoisotopic (exact) mass is 1090 g/mol. The van der Waals surface area contributed by atoms with Crippen molar-refractivity contribution in [2.24, 2.45) is 0 Å². The quantitative estimate of drug-likeness (QED) is 0.165. The Morgan fingerprint density at radius 1 is 0.357 bits per heavy atom. The molecule has 0 saturated heterocycles. The highest BCUT2D eigenvalue weighted by Gasteiger charge is 2.41. The van der Waals surface area contributed by atoms with Gasteiger partial charge in [0, 0.05) is 66.9 Å². The predicted molar refractivity (Wildman–Crippen MR) is 352 cm³/mol. The van der Waals surface area contributed by atoms with Crippen LogP contribution in [0.1, 0.15) is 111 Å². The third kappa shape index (κ3) is 7.90. The van der Waals surface area contributed by atoms with E-state index in [9.17, 15) is 5.26 Å². The van der Waals surface area contributed by atoms with E-state index < -0.39 is 0 Å². The molecule has 5 heterocycles. The van der Waals surface area contributed by atoms with Crippen LogP contribution in [0.5, 0.6) is 23.0 Å². The van der Waals surface area contributed by atoms with E-state index in [0.29, 0.717) is 5.56 Å². The van der Waals surface area contributed by atoms with E-state index in [1.54, 1.807) is 0 Å². The SMILES string of the molecule is CC(C)(C)c1ccc2c(c1)c1ccc(C(C)(C)C)cc1n2-c1ccc2c(c1)Oc1cc(-c3cc(C#N)ccc3-n3c4ccccc4c4ccccc43)cc3c1B2c1ccc(-n2c4cc(C(C)(C)C)ccc4c4ccc(C(C)(C)C)cc42)cc1O3. The minimum atomic E-state index is -0.222. The summed E-state index contributed by atoms with van der Waals surface area (Å²) < 4.78 is 22.1. The second-order valence-corrected chi connectivity index (χ2v) is 27.8. The van der Waals surface area contributed by atoms with E-state index >= 15 is 0 Å². The Kier molecular flexibility index (Phi) is 11.0. The molecular formula is C77H67BN4O2. The second-order valence-electron chi connectivity index (χ2n) is 27.8. The number of aromatic nitrogens is 3. The summed E-state index contributed by atoms with van der Waals surface area (Å²) in [6, 6.07) is 71.7. The van der Waals surface area contributed by atoms with Crippen LogP contribution < -0.4 is 25.9 Å². The molecule has 3 aromatic heterocycles. The first-order valence-electron chi connectivity index (χ1n) is 29.6. The van der Waals surface area contributed by atoms with Crippen molar-refractivity contribution < 1.29 is 9.47 Å². The van der Waals surface area contributed by atoms with Crippen LogP contribution in [0, 0.1) is 11.3 Å². The molecule has 0 radical (unpaired) electrons. The summed E-state index contributed by atoms with van der Waals surface area (Å²) >= 11 is 0. The molecule has 0 atom stereocenters. The highest BCUT2D eigenvalue weighted by Crippen LogP contribution is 2.46. The van der Waals surface area contributed by atoms with Crippen LogP contribution in [0.4, 0.5) is 0 Å². The van der Waals surface area contributed by atoms with Gasteiger partial charge in [0.15, 0.2) is 0 Å². The zero-order chi connectivity index (χ0) is 58.1. The van der Waals surface area contributed by atoms with E-state index in [1.807, 2.05) is 12.1 Å². The molecular weight excluding hydrogens is 1020 g/mol. The Morgan fingerprint density at radius 3 is 1.25 bits per heavy atom. The maximum absolute atomic E-state index is 10.6. The first kappa shape index (κ1) is 51.6. The minimum absolute atomic E-state index is 0.0192. The van der Waals surface area contributed by atoms with Crippen molar-refractivity contribution in [1.82, 2.24) is 13.7 Å². The molecule has 0 N–H and O–H groups in total. The molecule has 13 aromatic rings. The zero-order valence-electron chi connectivity index (χ0n) is 50.1. The van der Waals surface area contributed by atoms with Crippen LogP contribution >= 0.6 is 0 Å². The van der Waals surface area contributed by atoms with Gasteiger partial charge in [0.2, 0.25) is 0 Å². The van der Waals surface area contributed by atoms with Gasteiger partial charge in [-0.05, 0) is 145 Å². The lowest BCUT2D eigenvalue weighted by Crippen LogP contribution is -2.57. The summed E-state index contributed by atoms with van der Waals surface area (Å²) in [6.45, 7) is 27.2. The van der Waals surface area contributed by atoms with Gasteiger partial charge in [0.25, 0.3) is 6.71 Å². The van der Waals surface area contributed by atoms with Gasteiger partial charge in [0.1, 0.15) is 23.0 Å². The normalized spacial score (nSPS) is 13.4. The van der Waals surface area contributed by atoms with Crippen molar-refractivity contribution >= 4 is 88.5 Å². The largest absolute Gasteiger partial charge is 0.458 e. The summed E-state index contributed by atoms with van der Waals surface area (Å²) in [5.41, 5.74) is 20.3. The molecule has 0 bridgehead atoms. The number of ether oxygens (including phenoxy) is 2. The Bertz CT molecular complexity index is 4910. The van der Waals surface area contributed by atoms with E-state index in [-0.39, 0.29) is 28.4 Å². The topological polar surface area (TPSA) is 57.0 Å². The number of fused-ring (bicyclic) bond motifs is 13. The van der Waals surface area contributed by atoms with Crippen LogP contribution in [-0.2, 0) is 21.7 Å². The lowest BCUT2D eigenvalue weighted by atomic mass is 9.35. The fraction of sp³-hybridized carbons (Fsp3) is 0.208. The Morgan fingerprint density at radius 2 is 0.774 bits per heavy atom. The van der Waals surface area contributed by atoms with E-state index in [1.165, 1.54) is 54.6 Å². The van der Waals surface area contributed by atoms with Gasteiger partial charge < -0.3 is 23.2 Å². The third-order valence-corrected chi connectivity index (χ3v) is 18.2. The van der Waals surface area contributed by atoms with Gasteiger partial charge >= 0.3 is 0 Å². The smallest absolute Gasteiger partial charge is 0.260 e. The van der Waals surface area contributed by atoms with Gasteiger partial charge in [-0.1, -0.05) is 174 Å². The van der Waals surface area contributed by atoms with Gasteiger partial charge in [0.05, 0.1) is 50.4 Å². The van der Waals surface area contributed by atoms with Crippen molar-refractivity contribution in [3.05, 3.63) is 216 Å². The van der Waals surface area contributed by atoms with Crippen molar-refractivity contribution in [2.75, 3.05) is 0 Å². The average molecular weight is 1090 g/mol. The van der Waals surface area contributed by atoms with Crippen molar-refractivity contribution in [1.29, 1.82) is 5.26 Å². The maximum Gasteiger partial charge on any atom is 0.260 e. The van der Waals surface area contributed by atoms with E-state index in [4.69, 9.17) is 9.47 Å². The van der Waals surface area contributed by atoms with Crippen molar-refractivity contribution in [2.45, 2.75) is 105 Å². The Hall–Kier alpha value is -9.25. The highest BCUT2D eigenvalue weighted by atomic mass is 16.5.